The number of thioether (sulfide) groups is 1. The Morgan fingerprint density at radius 1 is 1.11 bits per heavy atom. The Bertz CT molecular complexity index is 547. The van der Waals surface area contributed by atoms with E-state index in [0.29, 0.717) is 0 Å². The molecule has 0 aliphatic carbocycles. The third kappa shape index (κ3) is 9.38. The number of nitrogens with zero attached hydrogens (tertiary/aromatic N) is 3. The summed E-state index contributed by atoms with van der Waals surface area (Å²) < 4.78 is 0. The van der Waals surface area contributed by atoms with Gasteiger partial charge in [-0.1, -0.05) is 12.1 Å². The van der Waals surface area contributed by atoms with Crippen molar-refractivity contribution in [3.8, 4) is 0 Å². The molecule has 2 N–H and O–H groups in total. The first-order chi connectivity index (χ1) is 12.7. The normalized spacial score (nSPS) is 15.4. The van der Waals surface area contributed by atoms with Gasteiger partial charge < -0.3 is 15.5 Å². The van der Waals surface area contributed by atoms with E-state index < -0.39 is 0 Å². The van der Waals surface area contributed by atoms with Crippen LogP contribution in [0.5, 0.6) is 0 Å². The summed E-state index contributed by atoms with van der Waals surface area (Å²) in [6.07, 6.45) is 4.54. The van der Waals surface area contributed by atoms with Crippen LogP contribution >= 0.6 is 35.7 Å². The minimum Gasteiger partial charge on any atom is -0.369 e. The molecule has 1 fully saturated rings. The van der Waals surface area contributed by atoms with E-state index in [0.717, 1.165) is 37.9 Å². The quantitative estimate of drug-likeness (QED) is 0.234. The van der Waals surface area contributed by atoms with Crippen molar-refractivity contribution >= 4 is 47.4 Å². The van der Waals surface area contributed by atoms with E-state index in [2.05, 4.69) is 62.9 Å². The highest BCUT2D eigenvalue weighted by molar-refractivity contribution is 14.0. The van der Waals surface area contributed by atoms with E-state index in [1.54, 1.807) is 0 Å². The van der Waals surface area contributed by atoms with Crippen LogP contribution in [-0.4, -0.2) is 75.7 Å². The van der Waals surface area contributed by atoms with Gasteiger partial charge in [0.15, 0.2) is 5.96 Å². The van der Waals surface area contributed by atoms with Crippen molar-refractivity contribution in [2.75, 3.05) is 69.8 Å². The Morgan fingerprint density at radius 3 is 2.52 bits per heavy atom. The molecule has 0 spiro atoms. The highest BCUT2D eigenvalue weighted by Gasteiger charge is 2.16. The average molecular weight is 506 g/mol. The number of anilines is 1. The van der Waals surface area contributed by atoms with Gasteiger partial charge in [0.05, 0.1) is 0 Å². The second-order valence-electron chi connectivity index (χ2n) is 6.79. The van der Waals surface area contributed by atoms with E-state index in [4.69, 9.17) is 0 Å². The zero-order valence-electron chi connectivity index (χ0n) is 17.0. The minimum atomic E-state index is 0. The molecule has 1 aliphatic heterocycles. The van der Waals surface area contributed by atoms with E-state index in [1.165, 1.54) is 43.7 Å². The molecular weight excluding hydrogens is 469 g/mol. The third-order valence-corrected chi connectivity index (χ3v) is 5.37. The molecule has 0 radical (unpaired) electrons. The fourth-order valence-electron chi connectivity index (χ4n) is 3.21. The van der Waals surface area contributed by atoms with E-state index in [-0.39, 0.29) is 24.0 Å². The number of guanidine groups is 1. The zero-order chi connectivity index (χ0) is 18.6. The van der Waals surface area contributed by atoms with Gasteiger partial charge in [-0.15, -0.1) is 24.0 Å². The van der Waals surface area contributed by atoms with E-state index in [9.17, 15) is 0 Å². The largest absolute Gasteiger partial charge is 0.369 e. The SMILES string of the molecule is CN=C(NCCCCN1CCN(c2cccc(C)c2)CC1)NCCSC.I. The van der Waals surface area contributed by atoms with Crippen molar-refractivity contribution < 1.29 is 0 Å². The Balaban J connectivity index is 0.00000364. The Hall–Kier alpha value is -0.670. The van der Waals surface area contributed by atoms with Gasteiger partial charge in [0.1, 0.15) is 0 Å². The van der Waals surface area contributed by atoms with Gasteiger partial charge in [-0.3, -0.25) is 9.89 Å². The molecule has 0 unspecified atom stereocenters. The number of benzene rings is 1. The van der Waals surface area contributed by atoms with Crippen LogP contribution < -0.4 is 15.5 Å². The topological polar surface area (TPSA) is 42.9 Å². The van der Waals surface area contributed by atoms with Gasteiger partial charge >= 0.3 is 0 Å². The molecule has 0 aromatic heterocycles. The summed E-state index contributed by atoms with van der Waals surface area (Å²) in [4.78, 5) is 9.36. The van der Waals surface area contributed by atoms with Crippen molar-refractivity contribution in [1.82, 2.24) is 15.5 Å². The van der Waals surface area contributed by atoms with Crippen LogP contribution in [0.4, 0.5) is 5.69 Å². The van der Waals surface area contributed by atoms with Gasteiger partial charge in [-0.25, -0.2) is 0 Å². The highest BCUT2D eigenvalue weighted by Crippen LogP contribution is 2.17. The fraction of sp³-hybridized carbons (Fsp3) is 0.650. The van der Waals surface area contributed by atoms with Gasteiger partial charge in [-0.05, 0) is 50.3 Å². The van der Waals surface area contributed by atoms with Crippen molar-refractivity contribution in [3.05, 3.63) is 29.8 Å². The first-order valence-corrected chi connectivity index (χ1v) is 11.1. The van der Waals surface area contributed by atoms with E-state index in [1.807, 2.05) is 18.8 Å². The molecule has 7 heteroatoms. The molecule has 0 amide bonds. The summed E-state index contributed by atoms with van der Waals surface area (Å²) in [5.74, 6) is 2.03. The number of halogens is 1. The number of nitrogens with one attached hydrogen (secondary N) is 2. The lowest BCUT2D eigenvalue weighted by Gasteiger charge is -2.36. The summed E-state index contributed by atoms with van der Waals surface area (Å²) >= 11 is 1.85. The molecular formula is C20H36IN5S. The van der Waals surface area contributed by atoms with Gasteiger partial charge in [0.2, 0.25) is 0 Å². The summed E-state index contributed by atoms with van der Waals surface area (Å²) in [7, 11) is 1.84. The summed E-state index contributed by atoms with van der Waals surface area (Å²) in [5, 5.41) is 6.74. The average Bonchev–Trinajstić information content (AvgIpc) is 2.67. The molecule has 1 saturated heterocycles. The van der Waals surface area contributed by atoms with Gasteiger partial charge in [0, 0.05) is 57.8 Å². The lowest BCUT2D eigenvalue weighted by atomic mass is 10.2. The fourth-order valence-corrected chi connectivity index (χ4v) is 3.52. The maximum Gasteiger partial charge on any atom is 0.191 e. The molecule has 1 aromatic carbocycles. The third-order valence-electron chi connectivity index (χ3n) is 4.75. The molecule has 2 rings (SSSR count). The summed E-state index contributed by atoms with van der Waals surface area (Å²) in [5.41, 5.74) is 2.71. The van der Waals surface area contributed by atoms with Crippen LogP contribution in [0.25, 0.3) is 0 Å². The molecule has 1 aliphatic rings. The first-order valence-electron chi connectivity index (χ1n) is 9.70. The van der Waals surface area contributed by atoms with Crippen molar-refractivity contribution in [2.45, 2.75) is 19.8 Å². The number of aryl methyl sites for hydroxylation is 1. The number of rotatable bonds is 9. The summed E-state index contributed by atoms with van der Waals surface area (Å²) in [6.45, 7) is 9.91. The first kappa shape index (κ1) is 24.4. The lowest BCUT2D eigenvalue weighted by Crippen LogP contribution is -2.46. The predicted molar refractivity (Wildman–Crippen MR) is 132 cm³/mol. The molecule has 5 nitrogen and oxygen atoms in total. The predicted octanol–water partition coefficient (Wildman–Crippen LogP) is 3.04. The number of hydrogen-bond acceptors (Lipinski definition) is 4. The standard InChI is InChI=1S/C20H35N5S.HI/c1-18-7-6-8-19(17-18)25-14-12-24(13-15-25)11-5-4-9-22-20(21-2)23-10-16-26-3;/h6-8,17H,4-5,9-16H2,1-3H3,(H2,21,22,23);1H. The number of aliphatic imine (C=N–C) groups is 1. The lowest BCUT2D eigenvalue weighted by molar-refractivity contribution is 0.253. The van der Waals surface area contributed by atoms with Gasteiger partial charge in [-0.2, -0.15) is 11.8 Å². The number of hydrogen-bond donors (Lipinski definition) is 2. The van der Waals surface area contributed by atoms with Gasteiger partial charge in [0.25, 0.3) is 0 Å². The molecule has 154 valence electrons. The monoisotopic (exact) mass is 505 g/mol. The Kier molecular flexibility index (Phi) is 12.9. The number of piperazine rings is 1. The molecule has 27 heavy (non-hydrogen) atoms. The van der Waals surface area contributed by atoms with Crippen molar-refractivity contribution in [3.63, 3.8) is 0 Å². The van der Waals surface area contributed by atoms with E-state index >= 15 is 0 Å². The van der Waals surface area contributed by atoms with Crippen LogP contribution in [0.2, 0.25) is 0 Å². The second kappa shape index (κ2) is 14.3. The maximum absolute atomic E-state index is 4.26. The van der Waals surface area contributed by atoms with Crippen LogP contribution in [0.15, 0.2) is 29.3 Å². The van der Waals surface area contributed by atoms with Crippen LogP contribution in [0.3, 0.4) is 0 Å². The van der Waals surface area contributed by atoms with Crippen molar-refractivity contribution in [2.24, 2.45) is 4.99 Å². The molecule has 1 heterocycles. The maximum atomic E-state index is 4.26. The Morgan fingerprint density at radius 2 is 1.85 bits per heavy atom. The van der Waals surface area contributed by atoms with Crippen LogP contribution in [0, 0.1) is 6.92 Å². The highest BCUT2D eigenvalue weighted by atomic mass is 127. The molecule has 1 aromatic rings. The summed E-state index contributed by atoms with van der Waals surface area (Å²) in [6, 6.07) is 8.85. The second-order valence-corrected chi connectivity index (χ2v) is 7.78. The Labute approximate surface area is 186 Å². The minimum absolute atomic E-state index is 0. The van der Waals surface area contributed by atoms with Crippen LogP contribution in [-0.2, 0) is 0 Å². The zero-order valence-corrected chi connectivity index (χ0v) is 20.2. The molecule has 0 atom stereocenters. The molecule has 0 saturated carbocycles. The number of unbranched alkanes of at least 4 members (excludes halogenated alkanes) is 1. The van der Waals surface area contributed by atoms with Crippen LogP contribution in [0.1, 0.15) is 18.4 Å². The van der Waals surface area contributed by atoms with Crippen molar-refractivity contribution in [1.29, 1.82) is 0 Å². The smallest absolute Gasteiger partial charge is 0.191 e. The molecule has 0 bridgehead atoms.